The molecule has 0 saturated heterocycles. The third-order valence-corrected chi connectivity index (χ3v) is 5.41. The van der Waals surface area contributed by atoms with Gasteiger partial charge in [0.1, 0.15) is 24.0 Å². The summed E-state index contributed by atoms with van der Waals surface area (Å²) in [4.78, 5) is 26.3. The number of carbonyl (C=O) groups excluding carboxylic acids is 2. The van der Waals surface area contributed by atoms with Gasteiger partial charge in [-0.3, -0.25) is 25.7 Å². The van der Waals surface area contributed by atoms with Crippen molar-refractivity contribution in [2.24, 2.45) is 5.73 Å². The minimum Gasteiger partial charge on any atom is -0.387 e. The standard InChI is InChI=1S/C22H43N5O6/c1-25-13-7-10-15(23)9-5-3-4-6-12-17(24)27-14-8-11-16(28)18(29)19(30)20(31)21(32)22(33)26-2/h18-21,23,25,29-32H,3-14H2,1-2H3,(H2,24,27)(H,26,33)/p+2/t18-,19+,20+,21-/m0/s1. The molecule has 0 aromatic heterocycles. The molecule has 0 aromatic rings. The first-order valence-electron chi connectivity index (χ1n) is 11.7. The van der Waals surface area contributed by atoms with E-state index in [1.54, 1.807) is 0 Å². The zero-order valence-electron chi connectivity index (χ0n) is 20.1. The second kappa shape index (κ2) is 18.5. The molecule has 33 heavy (non-hydrogen) atoms. The number of amides is 1. The van der Waals surface area contributed by atoms with Crippen molar-refractivity contribution >= 4 is 23.2 Å². The van der Waals surface area contributed by atoms with E-state index >= 15 is 0 Å². The normalized spacial score (nSPS) is 15.5. The highest BCUT2D eigenvalue weighted by Crippen LogP contribution is 2.09. The number of unbranched alkanes of at least 4 members (excludes halogenated alkanes) is 3. The Hall–Kier alpha value is -1.92. The lowest BCUT2D eigenvalue weighted by molar-refractivity contribution is -0.459. The summed E-state index contributed by atoms with van der Waals surface area (Å²) >= 11 is 0. The molecule has 0 heterocycles. The fraction of sp³-hybridized carbons (Fsp3) is 0.818. The number of nitrogens with two attached hydrogens (primary N) is 2. The minimum absolute atomic E-state index is 0.0620. The van der Waals surface area contributed by atoms with Gasteiger partial charge in [-0.05, 0) is 39.3 Å². The maximum absolute atomic E-state index is 12.0. The molecule has 11 N–H and O–H groups in total. The molecule has 11 heteroatoms. The van der Waals surface area contributed by atoms with Gasteiger partial charge in [-0.2, -0.15) is 0 Å². The Balaban J connectivity index is 4.01. The van der Waals surface area contributed by atoms with Gasteiger partial charge in [0, 0.05) is 32.7 Å². The van der Waals surface area contributed by atoms with E-state index in [0.29, 0.717) is 18.8 Å². The molecule has 0 aromatic carbocycles. The monoisotopic (exact) mass is 475 g/mol. The number of amidine groups is 1. The Kier molecular flexibility index (Phi) is 17.4. The van der Waals surface area contributed by atoms with E-state index in [-0.39, 0.29) is 6.42 Å². The number of aliphatic hydroxyl groups excluding tert-OH is 4. The van der Waals surface area contributed by atoms with Crippen LogP contribution in [0.2, 0.25) is 0 Å². The minimum atomic E-state index is -1.99. The highest BCUT2D eigenvalue weighted by Gasteiger charge is 2.36. The summed E-state index contributed by atoms with van der Waals surface area (Å²) in [5.41, 5.74) is 7.00. The topological polar surface area (TPSA) is 205 Å². The summed E-state index contributed by atoms with van der Waals surface area (Å²) in [5.74, 6) is -1.00. The Bertz CT molecular complexity index is 616. The molecule has 192 valence electrons. The molecule has 0 aliphatic rings. The summed E-state index contributed by atoms with van der Waals surface area (Å²) < 4.78 is 0. The smallest absolute Gasteiger partial charge is 0.251 e. The predicted octanol–water partition coefficient (Wildman–Crippen LogP) is -4.50. The van der Waals surface area contributed by atoms with Crippen LogP contribution in [0.15, 0.2) is 0 Å². The number of hydrogen-bond donors (Lipinski definition) is 9. The van der Waals surface area contributed by atoms with Gasteiger partial charge >= 0.3 is 0 Å². The zero-order chi connectivity index (χ0) is 25.2. The summed E-state index contributed by atoms with van der Waals surface area (Å²) in [5, 5.41) is 50.2. The van der Waals surface area contributed by atoms with Crippen molar-refractivity contribution in [3.8, 4) is 0 Å². The Labute approximate surface area is 196 Å². The molecule has 0 saturated carbocycles. The lowest BCUT2D eigenvalue weighted by Gasteiger charge is -2.24. The molecule has 0 rings (SSSR count). The van der Waals surface area contributed by atoms with Crippen LogP contribution in [-0.2, 0) is 9.59 Å². The molecule has 0 bridgehead atoms. The van der Waals surface area contributed by atoms with Gasteiger partial charge in [-0.1, -0.05) is 12.8 Å². The van der Waals surface area contributed by atoms with Gasteiger partial charge in [0.25, 0.3) is 5.91 Å². The lowest BCUT2D eigenvalue weighted by atomic mass is 9.97. The van der Waals surface area contributed by atoms with Crippen molar-refractivity contribution in [3.63, 3.8) is 0 Å². The maximum atomic E-state index is 12.0. The zero-order valence-corrected chi connectivity index (χ0v) is 20.1. The largest absolute Gasteiger partial charge is 0.387 e. The molecular weight excluding hydrogens is 430 g/mol. The van der Waals surface area contributed by atoms with Gasteiger partial charge in [0.05, 0.1) is 6.54 Å². The highest BCUT2D eigenvalue weighted by atomic mass is 16.4. The Morgan fingerprint density at radius 3 is 2.03 bits per heavy atom. The van der Waals surface area contributed by atoms with Crippen LogP contribution in [0.4, 0.5) is 0 Å². The molecule has 4 atom stereocenters. The van der Waals surface area contributed by atoms with Gasteiger partial charge in [-0.15, -0.1) is 0 Å². The molecule has 11 nitrogen and oxygen atoms in total. The number of likely N-dealkylation sites (N-methyl/N-ethyl adjacent to an activating group) is 1. The number of rotatable bonds is 20. The van der Waals surface area contributed by atoms with E-state index in [4.69, 9.17) is 11.1 Å². The number of nitrogens with one attached hydrogen (secondary N) is 3. The third kappa shape index (κ3) is 14.1. The fourth-order valence-electron chi connectivity index (χ4n) is 3.25. The summed E-state index contributed by atoms with van der Waals surface area (Å²) in [6, 6.07) is 0. The summed E-state index contributed by atoms with van der Waals surface area (Å²) in [6.07, 6.45) is 0.347. The van der Waals surface area contributed by atoms with Crippen LogP contribution in [0.25, 0.3) is 0 Å². The quantitative estimate of drug-likeness (QED) is 0.0475. The van der Waals surface area contributed by atoms with Crippen LogP contribution in [-0.4, -0.2) is 95.3 Å². The van der Waals surface area contributed by atoms with Gasteiger partial charge < -0.3 is 31.1 Å². The van der Waals surface area contributed by atoms with Crippen LogP contribution in [0, 0.1) is 0 Å². The first kappa shape index (κ1) is 31.1. The summed E-state index contributed by atoms with van der Waals surface area (Å²) in [7, 11) is 3.17. The highest BCUT2D eigenvalue weighted by molar-refractivity contribution is 5.84. The molecule has 0 aliphatic heterocycles. The van der Waals surface area contributed by atoms with Crippen LogP contribution >= 0.6 is 0 Å². The molecule has 1 amide bonds. The molecule has 0 spiro atoms. The number of ketones is 1. The van der Waals surface area contributed by atoms with E-state index in [1.165, 1.54) is 7.05 Å². The first-order valence-corrected chi connectivity index (χ1v) is 11.7. The van der Waals surface area contributed by atoms with Crippen molar-refractivity contribution in [3.05, 3.63) is 0 Å². The molecule has 0 fully saturated rings. The Morgan fingerprint density at radius 1 is 0.848 bits per heavy atom. The number of carbonyl (C=O) groups is 2. The predicted molar refractivity (Wildman–Crippen MR) is 125 cm³/mol. The van der Waals surface area contributed by atoms with Gasteiger partial charge in [0.15, 0.2) is 11.9 Å². The first-order chi connectivity index (χ1) is 15.6. The maximum Gasteiger partial charge on any atom is 0.251 e. The van der Waals surface area contributed by atoms with Crippen molar-refractivity contribution in [1.82, 2.24) is 10.6 Å². The second-order valence-electron chi connectivity index (χ2n) is 8.29. The number of hydrogen-bond acceptors (Lipinski definition) is 7. The van der Waals surface area contributed by atoms with E-state index in [0.717, 1.165) is 63.6 Å². The van der Waals surface area contributed by atoms with Gasteiger partial charge in [-0.25, -0.2) is 0 Å². The van der Waals surface area contributed by atoms with Crippen LogP contribution in [0.1, 0.15) is 64.2 Å². The van der Waals surface area contributed by atoms with E-state index < -0.39 is 36.1 Å². The van der Waals surface area contributed by atoms with Crippen molar-refractivity contribution in [1.29, 1.82) is 0 Å². The lowest BCUT2D eigenvalue weighted by Crippen LogP contribution is -2.75. The summed E-state index contributed by atoms with van der Waals surface area (Å²) in [6.45, 7) is 1.40. The van der Waals surface area contributed by atoms with Crippen LogP contribution in [0.3, 0.4) is 0 Å². The third-order valence-electron chi connectivity index (χ3n) is 5.41. The molecule has 0 unspecified atom stereocenters. The van der Waals surface area contributed by atoms with Crippen molar-refractivity contribution < 1.29 is 40.4 Å². The Morgan fingerprint density at radius 2 is 1.42 bits per heavy atom. The number of aliphatic hydroxyl groups is 4. The van der Waals surface area contributed by atoms with Gasteiger partial charge in [0.2, 0.25) is 5.84 Å². The molecule has 0 radical (unpaired) electrons. The average Bonchev–Trinajstić information content (AvgIpc) is 2.81. The molecule has 0 aliphatic carbocycles. The average molecular weight is 476 g/mol. The fourth-order valence-corrected chi connectivity index (χ4v) is 3.25. The van der Waals surface area contributed by atoms with Crippen molar-refractivity contribution in [2.75, 3.05) is 27.2 Å². The molecular formula is C22H45N5O6+2. The number of Topliss-reactive ketones (excluding diaryl/α,β-unsaturated/α-hetero) is 1. The SMILES string of the molecule is CNCCCC(=[NH2+])CCCCCCC(N)=[NH+]CCCC(=O)[C@H](O)[C@@H](O)[C@@H](O)[C@H](O)C(=O)NC. The van der Waals surface area contributed by atoms with Crippen molar-refractivity contribution in [2.45, 2.75) is 88.6 Å². The second-order valence-corrected chi connectivity index (χ2v) is 8.29. The van der Waals surface area contributed by atoms with E-state index in [9.17, 15) is 30.0 Å². The van der Waals surface area contributed by atoms with E-state index in [2.05, 4.69) is 15.6 Å². The van der Waals surface area contributed by atoms with E-state index in [1.807, 2.05) is 7.05 Å². The van der Waals surface area contributed by atoms with Crippen LogP contribution in [0.5, 0.6) is 0 Å². The van der Waals surface area contributed by atoms with Crippen LogP contribution < -0.4 is 26.8 Å².